The third-order valence-electron chi connectivity index (χ3n) is 5.93. The van der Waals surface area contributed by atoms with Crippen LogP contribution >= 0.6 is 0 Å². The van der Waals surface area contributed by atoms with Gasteiger partial charge in [-0.2, -0.15) is 0 Å². The van der Waals surface area contributed by atoms with Gasteiger partial charge < -0.3 is 24.8 Å². The lowest BCUT2D eigenvalue weighted by atomic mass is 10.1. The number of aromatic hydroxyl groups is 1. The van der Waals surface area contributed by atoms with Gasteiger partial charge in [-0.3, -0.25) is 23.9 Å². The first-order valence-electron chi connectivity index (χ1n) is 11.5. The molecule has 0 spiro atoms. The summed E-state index contributed by atoms with van der Waals surface area (Å²) < 4.78 is 24.7. The molecule has 3 heterocycles. The lowest BCUT2D eigenvalue weighted by Crippen LogP contribution is -2.44. The Kier molecular flexibility index (Phi) is 7.91. The molecule has 1 aliphatic rings. The van der Waals surface area contributed by atoms with Gasteiger partial charge in [-0.25, -0.2) is 4.39 Å². The fraction of sp³-hybridized carbons (Fsp3) is 0.360. The van der Waals surface area contributed by atoms with Crippen molar-refractivity contribution in [2.75, 3.05) is 46.6 Å². The monoisotopic (exact) mass is 498 g/mol. The van der Waals surface area contributed by atoms with Crippen LogP contribution in [0.1, 0.15) is 21.5 Å². The van der Waals surface area contributed by atoms with Crippen LogP contribution in [-0.4, -0.2) is 77.9 Å². The average Bonchev–Trinajstić information content (AvgIpc) is 2.88. The highest BCUT2D eigenvalue weighted by Gasteiger charge is 2.26. The predicted molar refractivity (Wildman–Crippen MR) is 128 cm³/mol. The number of amides is 2. The van der Waals surface area contributed by atoms with Crippen molar-refractivity contribution >= 4 is 22.8 Å². The summed E-state index contributed by atoms with van der Waals surface area (Å²) >= 11 is 0. The summed E-state index contributed by atoms with van der Waals surface area (Å²) in [6.07, 6.45) is 1.89. The van der Waals surface area contributed by atoms with Crippen LogP contribution in [0.5, 0.6) is 5.75 Å². The number of pyridine rings is 2. The van der Waals surface area contributed by atoms with Crippen molar-refractivity contribution < 1.29 is 28.6 Å². The van der Waals surface area contributed by atoms with Gasteiger partial charge >= 0.3 is 0 Å². The number of morpholine rings is 1. The molecule has 10 nitrogen and oxygen atoms in total. The lowest BCUT2D eigenvalue weighted by Gasteiger charge is -2.27. The number of rotatable bonds is 8. The van der Waals surface area contributed by atoms with Gasteiger partial charge in [0.05, 0.1) is 25.3 Å². The molecular formula is C25H27FN4O6. The number of methoxy groups -OCH3 is 1. The van der Waals surface area contributed by atoms with Gasteiger partial charge in [-0.1, -0.05) is 12.1 Å². The number of halogens is 1. The Morgan fingerprint density at radius 3 is 2.61 bits per heavy atom. The molecule has 4 rings (SSSR count). The molecule has 36 heavy (non-hydrogen) atoms. The Labute approximate surface area is 206 Å². The van der Waals surface area contributed by atoms with E-state index in [1.807, 2.05) is 0 Å². The van der Waals surface area contributed by atoms with Gasteiger partial charge in [0.25, 0.3) is 11.5 Å². The zero-order valence-electron chi connectivity index (χ0n) is 19.8. The summed E-state index contributed by atoms with van der Waals surface area (Å²) in [7, 11) is 1.47. The van der Waals surface area contributed by atoms with E-state index in [4.69, 9.17) is 9.47 Å². The maximum atomic E-state index is 13.4. The predicted octanol–water partition coefficient (Wildman–Crippen LogP) is 1.07. The molecule has 0 aliphatic carbocycles. The maximum Gasteiger partial charge on any atom is 0.268 e. The Bertz CT molecular complexity index is 1320. The van der Waals surface area contributed by atoms with Crippen LogP contribution < -0.4 is 10.9 Å². The van der Waals surface area contributed by atoms with Crippen LogP contribution in [0.15, 0.2) is 41.3 Å². The van der Waals surface area contributed by atoms with Crippen LogP contribution in [0.25, 0.3) is 11.0 Å². The number of nitrogens with one attached hydrogen (secondary N) is 1. The number of ether oxygens (including phenoxy) is 2. The Morgan fingerprint density at radius 1 is 1.19 bits per heavy atom. The molecule has 1 saturated heterocycles. The second-order valence-corrected chi connectivity index (χ2v) is 8.37. The normalized spacial score (nSPS) is 13.7. The quantitative estimate of drug-likeness (QED) is 0.446. The van der Waals surface area contributed by atoms with Crippen LogP contribution in [0.4, 0.5) is 4.39 Å². The zero-order valence-corrected chi connectivity index (χ0v) is 19.8. The van der Waals surface area contributed by atoms with Crippen molar-refractivity contribution in [3.63, 3.8) is 0 Å². The van der Waals surface area contributed by atoms with Crippen LogP contribution in [0, 0.1) is 5.82 Å². The number of fused-ring (bicyclic) bond motifs is 1. The van der Waals surface area contributed by atoms with Crippen LogP contribution in [0.2, 0.25) is 0 Å². The Hall–Kier alpha value is -3.83. The molecule has 11 heteroatoms. The van der Waals surface area contributed by atoms with Gasteiger partial charge in [0.1, 0.15) is 23.4 Å². The summed E-state index contributed by atoms with van der Waals surface area (Å²) in [6.45, 7) is 1.58. The summed E-state index contributed by atoms with van der Waals surface area (Å²) in [5.74, 6) is -2.02. The van der Waals surface area contributed by atoms with Crippen LogP contribution in [0.3, 0.4) is 0 Å². The molecule has 0 saturated carbocycles. The van der Waals surface area contributed by atoms with Gasteiger partial charge in [-0.05, 0) is 35.7 Å². The minimum Gasteiger partial charge on any atom is -0.505 e. The van der Waals surface area contributed by atoms with Gasteiger partial charge in [0, 0.05) is 32.9 Å². The minimum absolute atomic E-state index is 0.0177. The average molecular weight is 499 g/mol. The molecule has 1 fully saturated rings. The summed E-state index contributed by atoms with van der Waals surface area (Å²) in [4.78, 5) is 45.2. The molecule has 3 aromatic rings. The first kappa shape index (κ1) is 25.3. The molecule has 1 aliphatic heterocycles. The maximum absolute atomic E-state index is 13.4. The van der Waals surface area contributed by atoms with Crippen molar-refractivity contribution in [1.29, 1.82) is 0 Å². The number of hydrogen-bond donors (Lipinski definition) is 2. The minimum atomic E-state index is -0.808. The second-order valence-electron chi connectivity index (χ2n) is 8.37. The number of hydrogen-bond acceptors (Lipinski definition) is 7. The largest absolute Gasteiger partial charge is 0.505 e. The second kappa shape index (κ2) is 11.3. The van der Waals surface area contributed by atoms with E-state index in [1.54, 1.807) is 23.1 Å². The Morgan fingerprint density at radius 2 is 1.92 bits per heavy atom. The Balaban J connectivity index is 1.77. The highest BCUT2D eigenvalue weighted by molar-refractivity contribution is 6.01. The molecule has 190 valence electrons. The summed E-state index contributed by atoms with van der Waals surface area (Å²) in [5.41, 5.74) is 0.424. The summed E-state index contributed by atoms with van der Waals surface area (Å²) in [6, 6.07) is 7.62. The molecule has 1 aromatic carbocycles. The lowest BCUT2D eigenvalue weighted by molar-refractivity contribution is -0.135. The summed E-state index contributed by atoms with van der Waals surface area (Å²) in [5, 5.41) is 13.4. The number of carbonyl (C=O) groups excluding carboxylic acids is 2. The van der Waals surface area contributed by atoms with Crippen molar-refractivity contribution in [3.05, 3.63) is 69.4 Å². The number of nitrogens with zero attached hydrogens (tertiary/aromatic N) is 3. The molecule has 2 aromatic heterocycles. The van der Waals surface area contributed by atoms with Gasteiger partial charge in [0.2, 0.25) is 5.91 Å². The first-order chi connectivity index (χ1) is 17.4. The van der Waals surface area contributed by atoms with Gasteiger partial charge in [-0.15, -0.1) is 0 Å². The fourth-order valence-corrected chi connectivity index (χ4v) is 4.05. The molecule has 0 unspecified atom stereocenters. The molecule has 2 amide bonds. The standard InChI is InChI=1S/C25H27FN4O6/c1-35-9-6-27-24(33)21-23(32)22-19(13-17(14-28-22)12-16-2-4-18(26)5-3-16)30(25(21)34)15-20(31)29-7-10-36-11-8-29/h2-5,13-14,32H,6-12,15H2,1H3,(H,27,33). The SMILES string of the molecule is COCCNC(=O)c1c(O)c2ncc(Cc3ccc(F)cc3)cc2n(CC(=O)N2CCOCC2)c1=O. The van der Waals surface area contributed by atoms with E-state index < -0.39 is 22.8 Å². The van der Waals surface area contributed by atoms with E-state index in [2.05, 4.69) is 10.3 Å². The highest BCUT2D eigenvalue weighted by atomic mass is 19.1. The van der Waals surface area contributed by atoms with E-state index in [9.17, 15) is 23.9 Å². The smallest absolute Gasteiger partial charge is 0.268 e. The third kappa shape index (κ3) is 5.52. The van der Waals surface area contributed by atoms with Crippen molar-refractivity contribution in [3.8, 4) is 5.75 Å². The molecule has 2 N–H and O–H groups in total. The number of aromatic nitrogens is 2. The van der Waals surface area contributed by atoms with E-state index in [0.717, 1.165) is 5.56 Å². The first-order valence-corrected chi connectivity index (χ1v) is 11.5. The van der Waals surface area contributed by atoms with Gasteiger partial charge in [0.15, 0.2) is 5.75 Å². The van der Waals surface area contributed by atoms with Crippen molar-refractivity contribution in [1.82, 2.24) is 19.8 Å². The fourth-order valence-electron chi connectivity index (χ4n) is 4.05. The van der Waals surface area contributed by atoms with E-state index in [-0.39, 0.29) is 42.5 Å². The molecular weight excluding hydrogens is 471 g/mol. The topological polar surface area (TPSA) is 123 Å². The third-order valence-corrected chi connectivity index (χ3v) is 5.93. The zero-order chi connectivity index (χ0) is 25.7. The van der Waals surface area contributed by atoms with E-state index in [0.29, 0.717) is 38.3 Å². The van der Waals surface area contributed by atoms with E-state index >= 15 is 0 Å². The number of carbonyl (C=O) groups is 2. The highest BCUT2D eigenvalue weighted by Crippen LogP contribution is 2.26. The van der Waals surface area contributed by atoms with Crippen LogP contribution in [-0.2, 0) is 27.2 Å². The van der Waals surface area contributed by atoms with Crippen molar-refractivity contribution in [2.24, 2.45) is 0 Å². The van der Waals surface area contributed by atoms with E-state index in [1.165, 1.54) is 30.0 Å². The molecule has 0 radical (unpaired) electrons. The molecule has 0 bridgehead atoms. The number of benzene rings is 1. The van der Waals surface area contributed by atoms with Crippen molar-refractivity contribution in [2.45, 2.75) is 13.0 Å². The molecule has 0 atom stereocenters.